The molecule has 124 valence electrons. The SMILES string of the molecule is Cc1sc(C(=O)NC2CCCNC2)cc1-c1ccc(F)cc1.Cl. The van der Waals surface area contributed by atoms with Gasteiger partial charge in [0.1, 0.15) is 5.82 Å². The van der Waals surface area contributed by atoms with Crippen molar-refractivity contribution in [3.8, 4) is 11.1 Å². The number of halogens is 2. The molecule has 0 aliphatic carbocycles. The van der Waals surface area contributed by atoms with E-state index in [-0.39, 0.29) is 30.2 Å². The monoisotopic (exact) mass is 354 g/mol. The van der Waals surface area contributed by atoms with Crippen LogP contribution in [-0.2, 0) is 0 Å². The molecule has 0 spiro atoms. The number of nitrogens with one attached hydrogen (secondary N) is 2. The van der Waals surface area contributed by atoms with Crippen LogP contribution < -0.4 is 10.6 Å². The quantitative estimate of drug-likeness (QED) is 0.881. The Labute approximate surface area is 145 Å². The molecule has 3 nitrogen and oxygen atoms in total. The van der Waals surface area contributed by atoms with Gasteiger partial charge in [-0.1, -0.05) is 12.1 Å². The summed E-state index contributed by atoms with van der Waals surface area (Å²) in [6.07, 6.45) is 2.11. The van der Waals surface area contributed by atoms with Crippen LogP contribution in [0.3, 0.4) is 0 Å². The van der Waals surface area contributed by atoms with Crippen molar-refractivity contribution in [2.24, 2.45) is 0 Å². The largest absolute Gasteiger partial charge is 0.347 e. The summed E-state index contributed by atoms with van der Waals surface area (Å²) in [7, 11) is 0. The van der Waals surface area contributed by atoms with Crippen molar-refractivity contribution in [2.75, 3.05) is 13.1 Å². The van der Waals surface area contributed by atoms with Crippen LogP contribution in [0.1, 0.15) is 27.4 Å². The minimum Gasteiger partial charge on any atom is -0.347 e. The lowest BCUT2D eigenvalue weighted by Gasteiger charge is -2.23. The van der Waals surface area contributed by atoms with Crippen LogP contribution in [-0.4, -0.2) is 25.0 Å². The van der Waals surface area contributed by atoms with E-state index in [4.69, 9.17) is 0 Å². The fraction of sp³-hybridized carbons (Fsp3) is 0.353. The second-order valence-corrected chi connectivity index (χ2v) is 6.86. The Morgan fingerprint density at radius 1 is 1.35 bits per heavy atom. The van der Waals surface area contributed by atoms with Crippen LogP contribution in [0, 0.1) is 12.7 Å². The zero-order valence-electron chi connectivity index (χ0n) is 12.9. The molecule has 1 fully saturated rings. The van der Waals surface area contributed by atoms with Gasteiger partial charge >= 0.3 is 0 Å². The Bertz CT molecular complexity index is 666. The van der Waals surface area contributed by atoms with Crippen LogP contribution in [0.15, 0.2) is 30.3 Å². The normalized spacial score (nSPS) is 17.4. The number of thiophene rings is 1. The summed E-state index contributed by atoms with van der Waals surface area (Å²) in [5.74, 6) is -0.269. The number of benzene rings is 1. The first-order chi connectivity index (χ1) is 10.6. The second-order valence-electron chi connectivity index (χ2n) is 5.60. The Morgan fingerprint density at radius 2 is 2.09 bits per heavy atom. The predicted octanol–water partition coefficient (Wildman–Crippen LogP) is 3.77. The zero-order valence-corrected chi connectivity index (χ0v) is 14.5. The number of amides is 1. The highest BCUT2D eigenvalue weighted by Crippen LogP contribution is 2.31. The molecule has 1 saturated heterocycles. The average molecular weight is 355 g/mol. The molecule has 1 aliphatic heterocycles. The van der Waals surface area contributed by atoms with Gasteiger partial charge in [-0.25, -0.2) is 4.39 Å². The van der Waals surface area contributed by atoms with E-state index in [0.717, 1.165) is 41.9 Å². The maximum Gasteiger partial charge on any atom is 0.261 e. The first kappa shape index (κ1) is 17.9. The van der Waals surface area contributed by atoms with E-state index in [9.17, 15) is 9.18 Å². The van der Waals surface area contributed by atoms with Gasteiger partial charge in [0.05, 0.1) is 4.88 Å². The minimum absolute atomic E-state index is 0. The highest BCUT2D eigenvalue weighted by molar-refractivity contribution is 7.14. The molecule has 2 N–H and O–H groups in total. The van der Waals surface area contributed by atoms with Crippen molar-refractivity contribution in [1.29, 1.82) is 0 Å². The molecule has 0 radical (unpaired) electrons. The number of rotatable bonds is 3. The van der Waals surface area contributed by atoms with E-state index in [0.29, 0.717) is 4.88 Å². The van der Waals surface area contributed by atoms with Gasteiger partial charge in [-0.3, -0.25) is 4.79 Å². The second kappa shape index (κ2) is 7.90. The summed E-state index contributed by atoms with van der Waals surface area (Å²) >= 11 is 1.48. The Balaban J connectivity index is 0.00000192. The lowest BCUT2D eigenvalue weighted by atomic mass is 10.1. The van der Waals surface area contributed by atoms with Gasteiger partial charge in [0.15, 0.2) is 0 Å². The lowest BCUT2D eigenvalue weighted by molar-refractivity contribution is 0.0935. The molecule has 1 aromatic heterocycles. The number of carbonyl (C=O) groups excluding carboxylic acids is 1. The predicted molar refractivity (Wildman–Crippen MR) is 95.1 cm³/mol. The summed E-state index contributed by atoms with van der Waals surface area (Å²) < 4.78 is 13.0. The maximum absolute atomic E-state index is 13.0. The molecule has 6 heteroatoms. The van der Waals surface area contributed by atoms with Crippen molar-refractivity contribution < 1.29 is 9.18 Å². The Morgan fingerprint density at radius 3 is 2.74 bits per heavy atom. The summed E-state index contributed by atoms with van der Waals surface area (Å²) in [4.78, 5) is 14.2. The van der Waals surface area contributed by atoms with Crippen LogP contribution in [0.4, 0.5) is 4.39 Å². The summed E-state index contributed by atoms with van der Waals surface area (Å²) in [6, 6.07) is 8.49. The van der Waals surface area contributed by atoms with Crippen LogP contribution >= 0.6 is 23.7 Å². The van der Waals surface area contributed by atoms with Crippen molar-refractivity contribution in [2.45, 2.75) is 25.8 Å². The topological polar surface area (TPSA) is 41.1 Å². The molecule has 23 heavy (non-hydrogen) atoms. The molecule has 1 amide bonds. The van der Waals surface area contributed by atoms with E-state index in [1.807, 2.05) is 13.0 Å². The molecule has 1 atom stereocenters. The molecular formula is C17H20ClFN2OS. The van der Waals surface area contributed by atoms with Gasteiger partial charge in [-0.15, -0.1) is 23.7 Å². The molecule has 1 unspecified atom stereocenters. The summed E-state index contributed by atoms with van der Waals surface area (Å²) in [6.45, 7) is 3.85. The van der Waals surface area contributed by atoms with Gasteiger partial charge in [-0.05, 0) is 55.6 Å². The average Bonchev–Trinajstić information content (AvgIpc) is 2.91. The number of hydrogen-bond acceptors (Lipinski definition) is 3. The lowest BCUT2D eigenvalue weighted by Crippen LogP contribution is -2.45. The van der Waals surface area contributed by atoms with Gasteiger partial charge in [0.2, 0.25) is 0 Å². The smallest absolute Gasteiger partial charge is 0.261 e. The van der Waals surface area contributed by atoms with E-state index >= 15 is 0 Å². The van der Waals surface area contributed by atoms with Crippen molar-refractivity contribution >= 4 is 29.7 Å². The molecule has 2 aromatic rings. The first-order valence-electron chi connectivity index (χ1n) is 7.51. The summed E-state index contributed by atoms with van der Waals surface area (Å²) in [5, 5.41) is 6.38. The molecule has 0 saturated carbocycles. The third-order valence-electron chi connectivity index (χ3n) is 3.93. The van der Waals surface area contributed by atoms with Crippen molar-refractivity contribution in [3.63, 3.8) is 0 Å². The number of aryl methyl sites for hydroxylation is 1. The van der Waals surface area contributed by atoms with Gasteiger partial charge < -0.3 is 10.6 Å². The zero-order chi connectivity index (χ0) is 15.5. The van der Waals surface area contributed by atoms with Gasteiger partial charge in [0.25, 0.3) is 5.91 Å². The molecular weight excluding hydrogens is 335 g/mol. The van der Waals surface area contributed by atoms with E-state index < -0.39 is 0 Å². The van der Waals surface area contributed by atoms with E-state index in [1.54, 1.807) is 12.1 Å². The summed E-state index contributed by atoms with van der Waals surface area (Å²) in [5.41, 5.74) is 1.94. The third-order valence-corrected chi connectivity index (χ3v) is 4.98. The number of hydrogen-bond donors (Lipinski definition) is 2. The highest BCUT2D eigenvalue weighted by atomic mass is 35.5. The van der Waals surface area contributed by atoms with Crippen molar-refractivity contribution in [1.82, 2.24) is 10.6 Å². The maximum atomic E-state index is 13.0. The molecule has 3 rings (SSSR count). The van der Waals surface area contributed by atoms with Gasteiger partial charge in [-0.2, -0.15) is 0 Å². The Kier molecular flexibility index (Phi) is 6.16. The van der Waals surface area contributed by atoms with E-state index in [1.165, 1.54) is 23.5 Å². The molecule has 1 aliphatic rings. The standard InChI is InChI=1S/C17H19FN2OS.ClH/c1-11-15(12-4-6-13(18)7-5-12)9-16(22-11)17(21)20-14-3-2-8-19-10-14;/h4-7,9,14,19H,2-3,8,10H2,1H3,(H,20,21);1H. The molecule has 2 heterocycles. The van der Waals surface area contributed by atoms with Crippen molar-refractivity contribution in [3.05, 3.63) is 45.9 Å². The minimum atomic E-state index is -0.251. The first-order valence-corrected chi connectivity index (χ1v) is 8.33. The van der Waals surface area contributed by atoms with Crippen LogP contribution in [0.25, 0.3) is 11.1 Å². The van der Waals surface area contributed by atoms with Crippen LogP contribution in [0.5, 0.6) is 0 Å². The molecule has 0 bridgehead atoms. The fourth-order valence-electron chi connectivity index (χ4n) is 2.74. The highest BCUT2D eigenvalue weighted by Gasteiger charge is 2.19. The van der Waals surface area contributed by atoms with E-state index in [2.05, 4.69) is 10.6 Å². The fourth-order valence-corrected chi connectivity index (χ4v) is 3.69. The van der Waals surface area contributed by atoms with Crippen LogP contribution in [0.2, 0.25) is 0 Å². The number of piperidine rings is 1. The Hall–Kier alpha value is -1.43. The third kappa shape index (κ3) is 4.31. The van der Waals surface area contributed by atoms with Gasteiger partial charge in [0, 0.05) is 17.5 Å². The number of carbonyl (C=O) groups is 1. The molecule has 1 aromatic carbocycles.